The van der Waals surface area contributed by atoms with Gasteiger partial charge in [0.1, 0.15) is 5.56 Å². The standard InChI is InChI=1S/C21H20N2O3S2/c1-10-12(17-9-14-16(22)5-7-27-21(14)28-17)4-6-23-18(10)13(11-2-3-11)8-15(19(23)24)20(25)26/h4,6,8-9,11,16H,2-3,5,7,22H2,1H3,(H,25,26). The minimum atomic E-state index is -1.17. The lowest BCUT2D eigenvalue weighted by atomic mass is 9.99. The van der Waals surface area contributed by atoms with Gasteiger partial charge in [0.15, 0.2) is 0 Å². The molecule has 1 atom stereocenters. The van der Waals surface area contributed by atoms with E-state index in [0.717, 1.165) is 52.1 Å². The van der Waals surface area contributed by atoms with Gasteiger partial charge >= 0.3 is 5.97 Å². The number of carbonyl (C=O) groups is 1. The second kappa shape index (κ2) is 6.47. The number of aromatic carboxylic acids is 1. The number of thiophene rings is 1. The quantitative estimate of drug-likeness (QED) is 0.666. The maximum atomic E-state index is 12.7. The van der Waals surface area contributed by atoms with Crippen molar-refractivity contribution in [3.05, 3.63) is 57.0 Å². The summed E-state index contributed by atoms with van der Waals surface area (Å²) in [7, 11) is 0. The van der Waals surface area contributed by atoms with Crippen LogP contribution in [0.5, 0.6) is 0 Å². The number of pyridine rings is 2. The molecule has 1 aliphatic carbocycles. The van der Waals surface area contributed by atoms with Crippen molar-refractivity contribution in [1.29, 1.82) is 0 Å². The number of nitrogens with zero attached hydrogens (tertiary/aromatic N) is 1. The highest BCUT2D eigenvalue weighted by atomic mass is 32.2. The number of carboxylic acids is 1. The normalized spacial score (nSPS) is 19.0. The van der Waals surface area contributed by atoms with Gasteiger partial charge in [-0.15, -0.1) is 23.1 Å². The third kappa shape index (κ3) is 2.72. The summed E-state index contributed by atoms with van der Waals surface area (Å²) in [6.07, 6.45) is 4.79. The smallest absolute Gasteiger partial charge is 0.341 e. The fourth-order valence-electron chi connectivity index (χ4n) is 4.05. The second-order valence-electron chi connectivity index (χ2n) is 7.57. The molecular weight excluding hydrogens is 392 g/mol. The topological polar surface area (TPSA) is 84.8 Å². The molecule has 28 heavy (non-hydrogen) atoms. The van der Waals surface area contributed by atoms with Gasteiger partial charge in [0, 0.05) is 22.9 Å². The summed E-state index contributed by atoms with van der Waals surface area (Å²) in [5.74, 6) is 0.215. The van der Waals surface area contributed by atoms with Crippen LogP contribution in [0.4, 0.5) is 0 Å². The van der Waals surface area contributed by atoms with Gasteiger partial charge in [-0.05, 0) is 72.6 Å². The number of rotatable bonds is 3. The average molecular weight is 413 g/mol. The summed E-state index contributed by atoms with van der Waals surface area (Å²) >= 11 is 3.62. The molecule has 5 rings (SSSR count). The van der Waals surface area contributed by atoms with Crippen molar-refractivity contribution in [2.24, 2.45) is 5.73 Å². The largest absolute Gasteiger partial charge is 0.477 e. The van der Waals surface area contributed by atoms with Crippen LogP contribution in [0.2, 0.25) is 0 Å². The molecule has 0 radical (unpaired) electrons. The van der Waals surface area contributed by atoms with E-state index >= 15 is 0 Å². The maximum absolute atomic E-state index is 12.7. The van der Waals surface area contributed by atoms with E-state index in [9.17, 15) is 14.7 Å². The van der Waals surface area contributed by atoms with E-state index in [-0.39, 0.29) is 11.6 Å². The minimum Gasteiger partial charge on any atom is -0.477 e. The Balaban J connectivity index is 1.76. The molecule has 144 valence electrons. The third-order valence-electron chi connectivity index (χ3n) is 5.71. The van der Waals surface area contributed by atoms with E-state index in [2.05, 4.69) is 6.07 Å². The van der Waals surface area contributed by atoms with Gasteiger partial charge in [-0.3, -0.25) is 9.20 Å². The third-order valence-corrected chi connectivity index (χ3v) is 8.23. The Morgan fingerprint density at radius 2 is 2.04 bits per heavy atom. The van der Waals surface area contributed by atoms with Crippen molar-refractivity contribution >= 4 is 34.6 Å². The highest BCUT2D eigenvalue weighted by molar-refractivity contribution is 8.01. The van der Waals surface area contributed by atoms with Crippen LogP contribution >= 0.6 is 23.1 Å². The molecule has 2 aliphatic rings. The van der Waals surface area contributed by atoms with Gasteiger partial charge in [0.2, 0.25) is 0 Å². The SMILES string of the molecule is Cc1c(-c2cc3c(s2)SCCC3N)ccn2c(=O)c(C(=O)O)cc(C3CC3)c12. The molecule has 1 aliphatic heterocycles. The maximum Gasteiger partial charge on any atom is 0.341 e. The molecule has 0 aromatic carbocycles. The highest BCUT2D eigenvalue weighted by Crippen LogP contribution is 2.47. The molecule has 0 amide bonds. The molecule has 7 heteroatoms. The van der Waals surface area contributed by atoms with Crippen molar-refractivity contribution in [3.8, 4) is 10.4 Å². The van der Waals surface area contributed by atoms with Crippen LogP contribution in [0.15, 0.2) is 33.4 Å². The zero-order chi connectivity index (χ0) is 19.6. The number of aromatic nitrogens is 1. The number of thioether (sulfide) groups is 1. The lowest BCUT2D eigenvalue weighted by Gasteiger charge is -2.16. The van der Waals surface area contributed by atoms with Crippen molar-refractivity contribution < 1.29 is 9.90 Å². The highest BCUT2D eigenvalue weighted by Gasteiger charge is 2.30. The van der Waals surface area contributed by atoms with Gasteiger partial charge in [0.05, 0.1) is 9.73 Å². The van der Waals surface area contributed by atoms with E-state index in [1.807, 2.05) is 24.8 Å². The molecule has 0 spiro atoms. The molecule has 3 N–H and O–H groups in total. The van der Waals surface area contributed by atoms with Crippen LogP contribution in [0, 0.1) is 6.92 Å². The molecule has 1 saturated carbocycles. The zero-order valence-corrected chi connectivity index (χ0v) is 17.0. The van der Waals surface area contributed by atoms with Gasteiger partial charge in [0.25, 0.3) is 5.56 Å². The summed E-state index contributed by atoms with van der Waals surface area (Å²) in [6.45, 7) is 2.03. The molecule has 1 unspecified atom stereocenters. The Labute approximate surface area is 170 Å². The van der Waals surface area contributed by atoms with Crippen LogP contribution in [0.3, 0.4) is 0 Å². The van der Waals surface area contributed by atoms with Crippen LogP contribution in [0.1, 0.15) is 58.3 Å². The van der Waals surface area contributed by atoms with Crippen molar-refractivity contribution in [3.63, 3.8) is 0 Å². The Bertz CT molecular complexity index is 1190. The number of nitrogens with two attached hydrogens (primary N) is 1. The number of hydrogen-bond donors (Lipinski definition) is 2. The Morgan fingerprint density at radius 3 is 2.71 bits per heavy atom. The predicted molar refractivity (Wildman–Crippen MR) is 113 cm³/mol. The molecule has 1 fully saturated rings. The van der Waals surface area contributed by atoms with Crippen LogP contribution < -0.4 is 11.3 Å². The summed E-state index contributed by atoms with van der Waals surface area (Å²) in [5.41, 5.74) is 10.8. The monoisotopic (exact) mass is 412 g/mol. The predicted octanol–water partition coefficient (Wildman–Crippen LogP) is 4.41. The van der Waals surface area contributed by atoms with Crippen molar-refractivity contribution in [1.82, 2.24) is 4.40 Å². The van der Waals surface area contributed by atoms with Crippen LogP contribution in [-0.4, -0.2) is 21.2 Å². The molecule has 4 heterocycles. The van der Waals surface area contributed by atoms with E-state index in [0.29, 0.717) is 5.92 Å². The molecule has 3 aromatic heterocycles. The summed E-state index contributed by atoms with van der Waals surface area (Å²) < 4.78 is 2.80. The summed E-state index contributed by atoms with van der Waals surface area (Å²) in [6, 6.07) is 5.81. The molecule has 3 aromatic rings. The summed E-state index contributed by atoms with van der Waals surface area (Å²) in [4.78, 5) is 25.4. The van der Waals surface area contributed by atoms with Crippen LogP contribution in [0.25, 0.3) is 16.0 Å². The van der Waals surface area contributed by atoms with E-state index in [1.165, 1.54) is 14.2 Å². The average Bonchev–Trinajstić information content (AvgIpc) is 3.41. The first-order valence-corrected chi connectivity index (χ1v) is 11.2. The molecular formula is C21H20N2O3S2. The first-order valence-electron chi connectivity index (χ1n) is 9.40. The first-order chi connectivity index (χ1) is 13.5. The second-order valence-corrected chi connectivity index (χ2v) is 9.98. The number of fused-ring (bicyclic) bond motifs is 2. The zero-order valence-electron chi connectivity index (χ0n) is 15.4. The number of hydrogen-bond acceptors (Lipinski definition) is 5. The van der Waals surface area contributed by atoms with Crippen molar-refractivity contribution in [2.45, 2.75) is 42.4 Å². The Morgan fingerprint density at radius 1 is 1.25 bits per heavy atom. The minimum absolute atomic E-state index is 0.0878. The molecule has 0 saturated heterocycles. The first kappa shape index (κ1) is 18.0. The Kier molecular flexibility index (Phi) is 4.15. The van der Waals surface area contributed by atoms with E-state index < -0.39 is 11.5 Å². The van der Waals surface area contributed by atoms with Gasteiger partial charge in [-0.2, -0.15) is 0 Å². The van der Waals surface area contributed by atoms with Crippen molar-refractivity contribution in [2.75, 3.05) is 5.75 Å². The van der Waals surface area contributed by atoms with E-state index in [4.69, 9.17) is 5.73 Å². The summed E-state index contributed by atoms with van der Waals surface area (Å²) in [5, 5.41) is 9.45. The molecule has 0 bridgehead atoms. The number of aryl methyl sites for hydroxylation is 1. The van der Waals surface area contributed by atoms with Crippen LogP contribution in [-0.2, 0) is 0 Å². The van der Waals surface area contributed by atoms with Gasteiger partial charge < -0.3 is 10.8 Å². The lowest BCUT2D eigenvalue weighted by molar-refractivity contribution is 0.0694. The fourth-order valence-corrected chi connectivity index (χ4v) is 6.78. The fraction of sp³-hybridized carbons (Fsp3) is 0.333. The lowest BCUT2D eigenvalue weighted by Crippen LogP contribution is -2.23. The number of carboxylic acid groups (broad SMARTS) is 1. The Hall–Kier alpha value is -2.09. The van der Waals surface area contributed by atoms with Gasteiger partial charge in [-0.25, -0.2) is 4.79 Å². The molecule has 5 nitrogen and oxygen atoms in total. The van der Waals surface area contributed by atoms with E-state index in [1.54, 1.807) is 23.6 Å². The van der Waals surface area contributed by atoms with Gasteiger partial charge in [-0.1, -0.05) is 0 Å².